The number of hydrogen-bond donors (Lipinski definition) is 1. The normalized spacial score (nSPS) is 10.5. The predicted octanol–water partition coefficient (Wildman–Crippen LogP) is 3.74. The molecule has 0 radical (unpaired) electrons. The zero-order valence-corrected chi connectivity index (χ0v) is 14.3. The molecule has 0 atom stereocenters. The van der Waals surface area contributed by atoms with Crippen molar-refractivity contribution in [3.8, 4) is 0 Å². The molecule has 0 amide bonds. The Balaban J connectivity index is 1.73. The summed E-state index contributed by atoms with van der Waals surface area (Å²) in [5.41, 5.74) is 2.42. The van der Waals surface area contributed by atoms with Crippen LogP contribution >= 0.6 is 0 Å². The number of halogens is 1. The molecule has 0 saturated carbocycles. The second-order valence-electron chi connectivity index (χ2n) is 5.83. The Labute approximate surface area is 146 Å². The summed E-state index contributed by atoms with van der Waals surface area (Å²) in [4.78, 5) is 15.0. The van der Waals surface area contributed by atoms with Gasteiger partial charge in [0.1, 0.15) is 11.6 Å². The van der Waals surface area contributed by atoms with Crippen molar-refractivity contribution < 1.29 is 4.39 Å². The Hall–Kier alpha value is -3.02. The van der Waals surface area contributed by atoms with Crippen LogP contribution in [0, 0.1) is 12.7 Å². The lowest BCUT2D eigenvalue weighted by Crippen LogP contribution is -2.23. The molecule has 0 fully saturated rings. The Morgan fingerprint density at radius 3 is 2.60 bits per heavy atom. The Kier molecular flexibility index (Phi) is 5.18. The third-order valence-corrected chi connectivity index (χ3v) is 3.81. The lowest BCUT2D eigenvalue weighted by Gasteiger charge is -2.18. The van der Waals surface area contributed by atoms with Gasteiger partial charge < -0.3 is 10.2 Å². The van der Waals surface area contributed by atoms with E-state index in [2.05, 4.69) is 20.3 Å². The average molecular weight is 337 g/mol. The molecule has 1 N–H and O–H groups in total. The third-order valence-electron chi connectivity index (χ3n) is 3.81. The zero-order valence-electron chi connectivity index (χ0n) is 14.3. The van der Waals surface area contributed by atoms with Gasteiger partial charge in [0.2, 0.25) is 5.95 Å². The summed E-state index contributed by atoms with van der Waals surface area (Å²) >= 11 is 0. The van der Waals surface area contributed by atoms with E-state index in [1.807, 2.05) is 31.0 Å². The van der Waals surface area contributed by atoms with E-state index in [0.717, 1.165) is 18.7 Å². The fourth-order valence-corrected chi connectivity index (χ4v) is 2.43. The molecule has 0 aliphatic rings. The fourth-order valence-electron chi connectivity index (χ4n) is 2.43. The van der Waals surface area contributed by atoms with Gasteiger partial charge in [-0.2, -0.15) is 4.98 Å². The molecule has 0 aliphatic heterocycles. The number of pyridine rings is 1. The third kappa shape index (κ3) is 4.50. The highest BCUT2D eigenvalue weighted by Crippen LogP contribution is 2.20. The molecule has 5 nitrogen and oxygen atoms in total. The molecule has 0 unspecified atom stereocenters. The van der Waals surface area contributed by atoms with Crippen LogP contribution in [0.25, 0.3) is 0 Å². The number of nitrogens with zero attached hydrogens (tertiary/aromatic N) is 4. The second kappa shape index (κ2) is 7.70. The maximum Gasteiger partial charge on any atom is 0.227 e. The summed E-state index contributed by atoms with van der Waals surface area (Å²) in [6.45, 7) is 2.67. The van der Waals surface area contributed by atoms with Crippen molar-refractivity contribution in [1.82, 2.24) is 15.0 Å². The molecule has 3 rings (SSSR count). The number of rotatable bonds is 6. The van der Waals surface area contributed by atoms with Gasteiger partial charge in [-0.3, -0.25) is 4.98 Å². The van der Waals surface area contributed by atoms with Crippen molar-refractivity contribution in [2.24, 2.45) is 0 Å². The topological polar surface area (TPSA) is 53.9 Å². The quantitative estimate of drug-likeness (QED) is 0.742. The van der Waals surface area contributed by atoms with Crippen molar-refractivity contribution in [2.45, 2.75) is 13.3 Å². The first-order valence-electron chi connectivity index (χ1n) is 8.09. The summed E-state index contributed by atoms with van der Waals surface area (Å²) in [5, 5.41) is 3.02. The highest BCUT2D eigenvalue weighted by molar-refractivity contribution is 5.58. The molecule has 1 aromatic carbocycles. The summed E-state index contributed by atoms with van der Waals surface area (Å²) in [5.74, 6) is 0.864. The standard InChI is InChI=1S/C19H20FN5/c1-14-13-18(23-17-6-4-3-5-16(17)20)24-19(22-14)25(2)12-9-15-7-10-21-11-8-15/h3-8,10-11,13H,9,12H2,1-2H3,(H,22,23,24). The van der Waals surface area contributed by atoms with Crippen molar-refractivity contribution in [2.75, 3.05) is 23.8 Å². The van der Waals surface area contributed by atoms with Crippen LogP contribution in [0.4, 0.5) is 21.8 Å². The van der Waals surface area contributed by atoms with Gasteiger partial charge >= 0.3 is 0 Å². The molecule has 0 spiro atoms. The molecule has 0 bridgehead atoms. The molecule has 6 heteroatoms. The van der Waals surface area contributed by atoms with E-state index in [0.29, 0.717) is 17.5 Å². The summed E-state index contributed by atoms with van der Waals surface area (Å²) in [6.07, 6.45) is 4.44. The van der Waals surface area contributed by atoms with E-state index >= 15 is 0 Å². The Bertz CT molecular complexity index is 838. The van der Waals surface area contributed by atoms with Crippen molar-refractivity contribution in [1.29, 1.82) is 0 Å². The van der Waals surface area contributed by atoms with Crippen LogP contribution in [0.2, 0.25) is 0 Å². The molecule has 0 saturated heterocycles. The lowest BCUT2D eigenvalue weighted by atomic mass is 10.2. The number of nitrogens with one attached hydrogen (secondary N) is 1. The van der Waals surface area contributed by atoms with Gasteiger partial charge in [-0.15, -0.1) is 0 Å². The average Bonchev–Trinajstić information content (AvgIpc) is 2.62. The van der Waals surface area contributed by atoms with Crippen molar-refractivity contribution in [3.63, 3.8) is 0 Å². The summed E-state index contributed by atoms with van der Waals surface area (Å²) in [6, 6.07) is 12.3. The number of aryl methyl sites for hydroxylation is 1. The van der Waals surface area contributed by atoms with E-state index in [1.54, 1.807) is 36.7 Å². The van der Waals surface area contributed by atoms with Gasteiger partial charge in [-0.25, -0.2) is 9.37 Å². The summed E-state index contributed by atoms with van der Waals surface area (Å²) in [7, 11) is 1.95. The van der Waals surface area contributed by atoms with Gasteiger partial charge in [0.25, 0.3) is 0 Å². The van der Waals surface area contributed by atoms with Crippen LogP contribution in [0.1, 0.15) is 11.3 Å². The second-order valence-corrected chi connectivity index (χ2v) is 5.83. The molecule has 0 aliphatic carbocycles. The first-order valence-corrected chi connectivity index (χ1v) is 8.09. The minimum Gasteiger partial charge on any atom is -0.343 e. The number of benzene rings is 1. The van der Waals surface area contributed by atoms with Crippen LogP contribution in [-0.4, -0.2) is 28.5 Å². The molecular formula is C19H20FN5. The van der Waals surface area contributed by atoms with Crippen LogP contribution in [0.3, 0.4) is 0 Å². The number of anilines is 3. The van der Waals surface area contributed by atoms with Crippen LogP contribution < -0.4 is 10.2 Å². The minimum atomic E-state index is -0.314. The predicted molar refractivity (Wildman–Crippen MR) is 97.7 cm³/mol. The van der Waals surface area contributed by atoms with Crippen molar-refractivity contribution >= 4 is 17.5 Å². The SMILES string of the molecule is Cc1cc(Nc2ccccc2F)nc(N(C)CCc2ccncc2)n1. The molecule has 3 aromatic rings. The smallest absolute Gasteiger partial charge is 0.227 e. The van der Waals surface area contributed by atoms with Crippen molar-refractivity contribution in [3.05, 3.63) is 71.9 Å². The molecule has 2 heterocycles. The number of para-hydroxylation sites is 1. The number of hydrogen-bond acceptors (Lipinski definition) is 5. The number of aromatic nitrogens is 3. The Morgan fingerprint density at radius 2 is 1.84 bits per heavy atom. The van der Waals surface area contributed by atoms with E-state index in [9.17, 15) is 4.39 Å². The van der Waals surface area contributed by atoms with Gasteiger partial charge in [-0.1, -0.05) is 12.1 Å². The van der Waals surface area contributed by atoms with Gasteiger partial charge in [0.15, 0.2) is 0 Å². The summed E-state index contributed by atoms with van der Waals surface area (Å²) < 4.78 is 13.8. The zero-order chi connectivity index (χ0) is 17.6. The first-order chi connectivity index (χ1) is 12.1. The highest BCUT2D eigenvalue weighted by atomic mass is 19.1. The van der Waals surface area contributed by atoms with E-state index in [4.69, 9.17) is 0 Å². The molecule has 2 aromatic heterocycles. The maximum atomic E-state index is 13.8. The maximum absolute atomic E-state index is 13.8. The largest absolute Gasteiger partial charge is 0.343 e. The molecule has 25 heavy (non-hydrogen) atoms. The van der Waals surface area contributed by atoms with E-state index in [1.165, 1.54) is 11.6 Å². The molecule has 128 valence electrons. The fraction of sp³-hybridized carbons (Fsp3) is 0.211. The van der Waals surface area contributed by atoms with E-state index in [-0.39, 0.29) is 5.82 Å². The monoisotopic (exact) mass is 337 g/mol. The van der Waals surface area contributed by atoms with Gasteiger partial charge in [-0.05, 0) is 43.2 Å². The van der Waals surface area contributed by atoms with Crippen LogP contribution in [-0.2, 0) is 6.42 Å². The number of likely N-dealkylation sites (N-methyl/N-ethyl adjacent to an activating group) is 1. The van der Waals surface area contributed by atoms with Crippen LogP contribution in [0.5, 0.6) is 0 Å². The van der Waals surface area contributed by atoms with E-state index < -0.39 is 0 Å². The van der Waals surface area contributed by atoms with Gasteiger partial charge in [0.05, 0.1) is 5.69 Å². The first kappa shape index (κ1) is 16.8. The van der Waals surface area contributed by atoms with Crippen LogP contribution in [0.15, 0.2) is 54.9 Å². The Morgan fingerprint density at radius 1 is 1.08 bits per heavy atom. The lowest BCUT2D eigenvalue weighted by molar-refractivity contribution is 0.632. The van der Waals surface area contributed by atoms with Gasteiger partial charge in [0, 0.05) is 37.7 Å². The highest BCUT2D eigenvalue weighted by Gasteiger charge is 2.09. The minimum absolute atomic E-state index is 0.314. The molecular weight excluding hydrogens is 317 g/mol.